The summed E-state index contributed by atoms with van der Waals surface area (Å²) in [6.45, 7) is 2.76. The Labute approximate surface area is 117 Å². The van der Waals surface area contributed by atoms with Crippen molar-refractivity contribution < 1.29 is 19.1 Å². The Bertz CT molecular complexity index is 441. The summed E-state index contributed by atoms with van der Waals surface area (Å²) in [5.41, 5.74) is 6.64. The molecule has 0 bridgehead atoms. The number of nitrogens with two attached hydrogens (primary N) is 1. The van der Waals surface area contributed by atoms with Crippen molar-refractivity contribution in [3.8, 4) is 0 Å². The van der Waals surface area contributed by atoms with Gasteiger partial charge in [0, 0.05) is 25.8 Å². The van der Waals surface area contributed by atoms with Gasteiger partial charge in [-0.05, 0) is 17.7 Å². The molecule has 0 radical (unpaired) electrons. The van der Waals surface area contributed by atoms with Gasteiger partial charge in [-0.25, -0.2) is 4.39 Å². The molecule has 1 rings (SSSR count). The number of rotatable bonds is 9. The van der Waals surface area contributed by atoms with Crippen molar-refractivity contribution in [3.63, 3.8) is 0 Å². The summed E-state index contributed by atoms with van der Waals surface area (Å²) in [7, 11) is 1.62. The number of hydrogen-bond donors (Lipinski definition) is 3. The zero-order valence-electron chi connectivity index (χ0n) is 11.4. The average molecular weight is 285 g/mol. The van der Waals surface area contributed by atoms with Crippen LogP contribution in [0.3, 0.4) is 0 Å². The molecule has 4 N–H and O–H groups in total. The van der Waals surface area contributed by atoms with Crippen LogP contribution in [0.25, 0.3) is 0 Å². The summed E-state index contributed by atoms with van der Waals surface area (Å²) in [6, 6.07) is 4.17. The average Bonchev–Trinajstić information content (AvgIpc) is 2.46. The minimum Gasteiger partial charge on any atom is -0.409 e. The zero-order chi connectivity index (χ0) is 14.8. The van der Waals surface area contributed by atoms with E-state index in [1.54, 1.807) is 13.2 Å². The lowest BCUT2D eigenvalue weighted by Crippen LogP contribution is -2.23. The molecule has 0 aliphatic carbocycles. The van der Waals surface area contributed by atoms with Crippen molar-refractivity contribution >= 4 is 5.84 Å². The maximum absolute atomic E-state index is 13.2. The SMILES string of the molecule is COCCOCCNCc1ccc(F)cc1C(N)=NO. The Balaban J connectivity index is 2.43. The lowest BCUT2D eigenvalue weighted by molar-refractivity contribution is 0.0719. The van der Waals surface area contributed by atoms with Gasteiger partial charge in [0.2, 0.25) is 0 Å². The monoisotopic (exact) mass is 285 g/mol. The van der Waals surface area contributed by atoms with E-state index in [0.29, 0.717) is 38.5 Å². The molecular formula is C13H20FN3O3. The van der Waals surface area contributed by atoms with Crippen LogP contribution < -0.4 is 11.1 Å². The maximum Gasteiger partial charge on any atom is 0.170 e. The van der Waals surface area contributed by atoms with Gasteiger partial charge in [0.15, 0.2) is 5.84 Å². The van der Waals surface area contributed by atoms with Gasteiger partial charge < -0.3 is 25.7 Å². The molecule has 0 amide bonds. The van der Waals surface area contributed by atoms with Gasteiger partial charge in [-0.15, -0.1) is 0 Å². The third kappa shape index (κ3) is 5.52. The molecule has 1 aromatic carbocycles. The number of nitrogens with zero attached hydrogens (tertiary/aromatic N) is 1. The molecule has 0 aliphatic heterocycles. The molecule has 6 nitrogen and oxygen atoms in total. The molecule has 1 aromatic rings. The second kappa shape index (κ2) is 9.24. The molecule has 0 unspecified atom stereocenters. The number of hydrogen-bond acceptors (Lipinski definition) is 5. The van der Waals surface area contributed by atoms with Crippen LogP contribution in [-0.2, 0) is 16.0 Å². The molecule has 0 aromatic heterocycles. The highest BCUT2D eigenvalue weighted by Gasteiger charge is 2.08. The van der Waals surface area contributed by atoms with E-state index in [4.69, 9.17) is 20.4 Å². The number of ether oxygens (including phenoxy) is 2. The first kappa shape index (κ1) is 16.4. The molecule has 0 aliphatic rings. The first-order chi connectivity index (χ1) is 9.69. The predicted octanol–water partition coefficient (Wildman–Crippen LogP) is 0.673. The van der Waals surface area contributed by atoms with E-state index in [-0.39, 0.29) is 5.84 Å². The van der Waals surface area contributed by atoms with Crippen LogP contribution in [0, 0.1) is 5.82 Å². The van der Waals surface area contributed by atoms with Gasteiger partial charge in [-0.1, -0.05) is 11.2 Å². The fraction of sp³-hybridized carbons (Fsp3) is 0.462. The van der Waals surface area contributed by atoms with E-state index < -0.39 is 5.82 Å². The third-order valence-electron chi connectivity index (χ3n) is 2.63. The zero-order valence-corrected chi connectivity index (χ0v) is 11.4. The van der Waals surface area contributed by atoms with Gasteiger partial charge in [0.05, 0.1) is 19.8 Å². The van der Waals surface area contributed by atoms with Crippen LogP contribution in [0.15, 0.2) is 23.4 Å². The molecule has 0 saturated carbocycles. The Morgan fingerprint density at radius 2 is 2.20 bits per heavy atom. The van der Waals surface area contributed by atoms with Crippen LogP contribution >= 0.6 is 0 Å². The van der Waals surface area contributed by atoms with E-state index in [0.717, 1.165) is 5.56 Å². The third-order valence-corrected chi connectivity index (χ3v) is 2.63. The van der Waals surface area contributed by atoms with Crippen molar-refractivity contribution in [2.24, 2.45) is 10.9 Å². The van der Waals surface area contributed by atoms with Gasteiger partial charge in [-0.3, -0.25) is 0 Å². The van der Waals surface area contributed by atoms with E-state index >= 15 is 0 Å². The lowest BCUT2D eigenvalue weighted by atomic mass is 10.1. The van der Waals surface area contributed by atoms with Gasteiger partial charge in [0.25, 0.3) is 0 Å². The highest BCUT2D eigenvalue weighted by Crippen LogP contribution is 2.11. The molecule has 0 fully saturated rings. The quantitative estimate of drug-likeness (QED) is 0.204. The van der Waals surface area contributed by atoms with E-state index in [1.165, 1.54) is 12.1 Å². The molecule has 0 atom stereocenters. The minimum atomic E-state index is -0.432. The van der Waals surface area contributed by atoms with Crippen molar-refractivity contribution in [2.45, 2.75) is 6.54 Å². The molecule has 0 spiro atoms. The molecule has 7 heteroatoms. The minimum absolute atomic E-state index is 0.113. The Morgan fingerprint density at radius 1 is 1.40 bits per heavy atom. The molecule has 0 saturated heterocycles. The Kier molecular flexibility index (Phi) is 7.56. The van der Waals surface area contributed by atoms with Crippen LogP contribution in [0.2, 0.25) is 0 Å². The summed E-state index contributed by atoms with van der Waals surface area (Å²) in [6.07, 6.45) is 0. The molecular weight excluding hydrogens is 265 g/mol. The standard InChI is InChI=1S/C13H20FN3O3/c1-19-6-7-20-5-4-16-9-10-2-3-11(14)8-12(10)13(15)17-18/h2-3,8,16,18H,4-7,9H2,1H3,(H2,15,17). The second-order valence-electron chi connectivity index (χ2n) is 4.07. The Hall–Kier alpha value is -1.70. The highest BCUT2D eigenvalue weighted by atomic mass is 19.1. The number of amidine groups is 1. The summed E-state index contributed by atoms with van der Waals surface area (Å²) in [4.78, 5) is 0. The number of methoxy groups -OCH3 is 1. The van der Waals surface area contributed by atoms with Crippen LogP contribution in [0.5, 0.6) is 0 Å². The Morgan fingerprint density at radius 3 is 2.90 bits per heavy atom. The number of benzene rings is 1. The number of halogens is 1. The topological polar surface area (TPSA) is 89.1 Å². The van der Waals surface area contributed by atoms with Crippen LogP contribution in [0.4, 0.5) is 4.39 Å². The number of nitrogens with one attached hydrogen (secondary N) is 1. The highest BCUT2D eigenvalue weighted by molar-refractivity contribution is 5.98. The maximum atomic E-state index is 13.2. The summed E-state index contributed by atoms with van der Waals surface area (Å²) in [5, 5.41) is 14.7. The normalized spacial score (nSPS) is 11.8. The fourth-order valence-electron chi connectivity index (χ4n) is 1.61. The molecule has 0 heterocycles. The van der Waals surface area contributed by atoms with Crippen molar-refractivity contribution in [3.05, 3.63) is 35.1 Å². The van der Waals surface area contributed by atoms with E-state index in [1.807, 2.05) is 0 Å². The first-order valence-corrected chi connectivity index (χ1v) is 6.22. The molecule has 20 heavy (non-hydrogen) atoms. The summed E-state index contributed by atoms with van der Waals surface area (Å²) < 4.78 is 23.3. The van der Waals surface area contributed by atoms with E-state index in [9.17, 15) is 4.39 Å². The van der Waals surface area contributed by atoms with Gasteiger partial charge in [-0.2, -0.15) is 0 Å². The van der Waals surface area contributed by atoms with Gasteiger partial charge >= 0.3 is 0 Å². The number of oxime groups is 1. The summed E-state index contributed by atoms with van der Waals surface area (Å²) in [5.74, 6) is -0.545. The van der Waals surface area contributed by atoms with Crippen molar-refractivity contribution in [1.29, 1.82) is 0 Å². The van der Waals surface area contributed by atoms with Crippen LogP contribution in [-0.4, -0.2) is 44.5 Å². The van der Waals surface area contributed by atoms with Crippen molar-refractivity contribution in [1.82, 2.24) is 5.32 Å². The molecule has 112 valence electrons. The smallest absolute Gasteiger partial charge is 0.170 e. The van der Waals surface area contributed by atoms with E-state index in [2.05, 4.69) is 10.5 Å². The predicted molar refractivity (Wildman–Crippen MR) is 73.3 cm³/mol. The van der Waals surface area contributed by atoms with Crippen molar-refractivity contribution in [2.75, 3.05) is 33.5 Å². The second-order valence-corrected chi connectivity index (χ2v) is 4.07. The van der Waals surface area contributed by atoms with Gasteiger partial charge in [0.1, 0.15) is 5.82 Å². The van der Waals surface area contributed by atoms with Crippen LogP contribution in [0.1, 0.15) is 11.1 Å². The fourth-order valence-corrected chi connectivity index (χ4v) is 1.61. The lowest BCUT2D eigenvalue weighted by Gasteiger charge is -2.10. The largest absolute Gasteiger partial charge is 0.409 e. The first-order valence-electron chi connectivity index (χ1n) is 6.22. The summed E-state index contributed by atoms with van der Waals surface area (Å²) >= 11 is 0.